The average molecular weight is 411 g/mol. The Morgan fingerprint density at radius 2 is 2.04 bits per heavy atom. The summed E-state index contributed by atoms with van der Waals surface area (Å²) in [4.78, 5) is 24.5. The molecule has 4 aliphatic rings. The van der Waals surface area contributed by atoms with Gasteiger partial charge in [-0.15, -0.1) is 11.6 Å². The Hall–Kier alpha value is -1.04. The summed E-state index contributed by atoms with van der Waals surface area (Å²) in [6, 6.07) is 0. The van der Waals surface area contributed by atoms with Crippen LogP contribution >= 0.6 is 11.6 Å². The molecule has 0 saturated heterocycles. The number of aliphatic hydroxyl groups is 2. The molecule has 28 heavy (non-hydrogen) atoms. The molecular weight excluding hydrogens is 383 g/mol. The Morgan fingerprint density at radius 3 is 2.68 bits per heavy atom. The van der Waals surface area contributed by atoms with Crippen LogP contribution in [-0.4, -0.2) is 45.0 Å². The summed E-state index contributed by atoms with van der Waals surface area (Å²) in [5.41, 5.74) is -4.90. The van der Waals surface area contributed by atoms with E-state index in [1.165, 1.54) is 12.2 Å². The van der Waals surface area contributed by atoms with E-state index in [1.54, 1.807) is 13.0 Å². The third kappa shape index (κ3) is 2.08. The molecule has 4 aliphatic carbocycles. The Balaban J connectivity index is 1.84. The van der Waals surface area contributed by atoms with Crippen LogP contribution in [0.2, 0.25) is 0 Å². The lowest BCUT2D eigenvalue weighted by molar-refractivity contribution is -0.218. The monoisotopic (exact) mass is 410 g/mol. The normalized spacial score (nSPS) is 52.5. The number of rotatable bonds is 2. The Bertz CT molecular complexity index is 808. The van der Waals surface area contributed by atoms with Crippen molar-refractivity contribution in [3.05, 3.63) is 23.8 Å². The van der Waals surface area contributed by atoms with Gasteiger partial charge in [0, 0.05) is 16.7 Å². The topological polar surface area (TPSA) is 74.6 Å². The van der Waals surface area contributed by atoms with Gasteiger partial charge in [0.1, 0.15) is 5.60 Å². The van der Waals surface area contributed by atoms with Crippen molar-refractivity contribution in [3.63, 3.8) is 0 Å². The van der Waals surface area contributed by atoms with Crippen molar-refractivity contribution < 1.29 is 24.2 Å². The standard InChI is InChI=1S/C22H28ClFO4/c1-12-8-16-15-5-4-13-9-14(25)6-7-19(13,2)21(15,24)17(26)10-20(16,3)22(12,28)18(27)11-23/h6-7,9,12,15-17,26,28H,4-5,8,10-11H2,1-3H3/t12-,15+,16+,17-,19-,20-,21+,22+/m0/s1. The molecule has 154 valence electrons. The van der Waals surface area contributed by atoms with Gasteiger partial charge in [-0.25, -0.2) is 4.39 Å². The van der Waals surface area contributed by atoms with Crippen molar-refractivity contribution in [1.82, 2.24) is 0 Å². The van der Waals surface area contributed by atoms with Crippen molar-refractivity contribution in [3.8, 4) is 0 Å². The molecular formula is C22H28ClFO4. The van der Waals surface area contributed by atoms with Gasteiger partial charge >= 0.3 is 0 Å². The zero-order valence-electron chi connectivity index (χ0n) is 16.5. The summed E-state index contributed by atoms with van der Waals surface area (Å²) in [7, 11) is 0. The summed E-state index contributed by atoms with van der Waals surface area (Å²) in [5.74, 6) is -2.03. The van der Waals surface area contributed by atoms with Gasteiger partial charge in [0.15, 0.2) is 17.2 Å². The third-order valence-corrected chi connectivity index (χ3v) is 9.01. The predicted molar refractivity (Wildman–Crippen MR) is 104 cm³/mol. The number of fused-ring (bicyclic) bond motifs is 5. The van der Waals surface area contributed by atoms with Crippen LogP contribution in [0.15, 0.2) is 23.8 Å². The van der Waals surface area contributed by atoms with Crippen LogP contribution in [0.3, 0.4) is 0 Å². The molecule has 0 aliphatic heterocycles. The zero-order valence-corrected chi connectivity index (χ0v) is 17.3. The third-order valence-electron chi connectivity index (χ3n) is 8.77. The van der Waals surface area contributed by atoms with Crippen LogP contribution in [0.4, 0.5) is 4.39 Å². The first-order chi connectivity index (χ1) is 13.0. The van der Waals surface area contributed by atoms with Gasteiger partial charge < -0.3 is 10.2 Å². The molecule has 3 saturated carbocycles. The number of carbonyl (C=O) groups excluding carboxylic acids is 2. The number of aliphatic hydroxyl groups excluding tert-OH is 1. The van der Waals surface area contributed by atoms with Crippen LogP contribution < -0.4 is 0 Å². The quantitative estimate of drug-likeness (QED) is 0.686. The first kappa shape index (κ1) is 20.2. The number of alkyl halides is 2. The molecule has 0 amide bonds. The van der Waals surface area contributed by atoms with Crippen molar-refractivity contribution >= 4 is 23.2 Å². The number of ketones is 2. The summed E-state index contributed by atoms with van der Waals surface area (Å²) in [5, 5.41) is 22.6. The Labute approximate surface area is 169 Å². The highest BCUT2D eigenvalue weighted by Crippen LogP contribution is 2.70. The summed E-state index contributed by atoms with van der Waals surface area (Å²) in [6.45, 7) is 5.38. The minimum absolute atomic E-state index is 0.0151. The highest BCUT2D eigenvalue weighted by molar-refractivity contribution is 6.29. The smallest absolute Gasteiger partial charge is 0.179 e. The van der Waals surface area contributed by atoms with E-state index in [9.17, 15) is 19.8 Å². The van der Waals surface area contributed by atoms with Crippen molar-refractivity contribution in [2.75, 3.05) is 5.88 Å². The molecule has 6 heteroatoms. The highest BCUT2D eigenvalue weighted by atomic mass is 35.5. The molecule has 4 rings (SSSR count). The van der Waals surface area contributed by atoms with Crippen molar-refractivity contribution in [2.24, 2.45) is 28.6 Å². The van der Waals surface area contributed by atoms with E-state index in [4.69, 9.17) is 11.6 Å². The number of halogens is 2. The first-order valence-corrected chi connectivity index (χ1v) is 10.6. The highest BCUT2D eigenvalue weighted by Gasteiger charge is 2.75. The molecule has 8 atom stereocenters. The lowest BCUT2D eigenvalue weighted by Gasteiger charge is -2.62. The molecule has 2 N–H and O–H groups in total. The van der Waals surface area contributed by atoms with E-state index in [1.807, 2.05) is 13.8 Å². The van der Waals surface area contributed by atoms with E-state index in [0.29, 0.717) is 19.3 Å². The van der Waals surface area contributed by atoms with Crippen LogP contribution in [0.1, 0.15) is 46.5 Å². The van der Waals surface area contributed by atoms with Gasteiger partial charge in [-0.05, 0) is 56.6 Å². The van der Waals surface area contributed by atoms with E-state index in [-0.39, 0.29) is 29.9 Å². The molecule has 0 unspecified atom stereocenters. The maximum Gasteiger partial charge on any atom is 0.179 e. The van der Waals surface area contributed by atoms with Crippen molar-refractivity contribution in [2.45, 2.75) is 63.8 Å². The predicted octanol–water partition coefficient (Wildman–Crippen LogP) is 3.14. The first-order valence-electron chi connectivity index (χ1n) is 10.1. The van der Waals surface area contributed by atoms with Crippen LogP contribution in [0, 0.1) is 28.6 Å². The van der Waals surface area contributed by atoms with Gasteiger partial charge in [-0.1, -0.05) is 25.5 Å². The van der Waals surface area contributed by atoms with Gasteiger partial charge in [0.2, 0.25) is 0 Å². The fourth-order valence-corrected chi connectivity index (χ4v) is 7.45. The minimum atomic E-state index is -1.95. The average Bonchev–Trinajstić information content (AvgIpc) is 2.84. The number of allylic oxidation sites excluding steroid dienone is 4. The molecule has 0 bridgehead atoms. The van der Waals surface area contributed by atoms with E-state index in [2.05, 4.69) is 0 Å². The summed E-state index contributed by atoms with van der Waals surface area (Å²) < 4.78 is 16.9. The maximum absolute atomic E-state index is 16.9. The SMILES string of the molecule is C[C@H]1C[C@@H]2[C@H]3CCC4=CC(=O)C=C[C@]4(C)[C@]3(F)[C@@H](O)C[C@]2(C)[C@]1(O)C(=O)CCl. The van der Waals surface area contributed by atoms with Crippen LogP contribution in [0.25, 0.3) is 0 Å². The van der Waals surface area contributed by atoms with E-state index >= 15 is 4.39 Å². The second-order valence-electron chi connectivity index (χ2n) is 9.72. The van der Waals surface area contributed by atoms with Gasteiger partial charge in [-0.2, -0.15) is 0 Å². The molecule has 0 aromatic rings. The number of hydrogen-bond donors (Lipinski definition) is 2. The summed E-state index contributed by atoms with van der Waals surface area (Å²) >= 11 is 5.81. The molecule has 0 radical (unpaired) electrons. The second-order valence-corrected chi connectivity index (χ2v) is 9.99. The molecule has 0 spiro atoms. The molecule has 0 aromatic heterocycles. The molecule has 0 aromatic carbocycles. The number of Topliss-reactive ketones (excluding diaryl/α,β-unsaturated/α-hetero) is 1. The minimum Gasteiger partial charge on any atom is -0.390 e. The zero-order chi connectivity index (χ0) is 20.7. The largest absolute Gasteiger partial charge is 0.390 e. The molecule has 0 heterocycles. The van der Waals surface area contributed by atoms with Gasteiger partial charge in [0.25, 0.3) is 0 Å². The maximum atomic E-state index is 16.9. The Kier molecular flexibility index (Phi) is 4.33. The van der Waals surface area contributed by atoms with Gasteiger partial charge in [0.05, 0.1) is 12.0 Å². The summed E-state index contributed by atoms with van der Waals surface area (Å²) in [6.07, 6.45) is 4.69. The van der Waals surface area contributed by atoms with Gasteiger partial charge in [-0.3, -0.25) is 9.59 Å². The fourth-order valence-electron chi connectivity index (χ4n) is 7.24. The lowest BCUT2D eigenvalue weighted by Crippen LogP contribution is -2.69. The lowest BCUT2D eigenvalue weighted by atomic mass is 9.44. The van der Waals surface area contributed by atoms with E-state index < -0.39 is 39.9 Å². The van der Waals surface area contributed by atoms with Crippen LogP contribution in [0.5, 0.6) is 0 Å². The van der Waals surface area contributed by atoms with Crippen LogP contribution in [-0.2, 0) is 9.59 Å². The molecule has 3 fully saturated rings. The fraction of sp³-hybridized carbons (Fsp3) is 0.727. The Morgan fingerprint density at radius 1 is 1.36 bits per heavy atom. The second kappa shape index (κ2) is 5.99. The van der Waals surface area contributed by atoms with E-state index in [0.717, 1.165) is 5.57 Å². The number of carbonyl (C=O) groups is 2. The molecule has 4 nitrogen and oxygen atoms in total. The number of hydrogen-bond acceptors (Lipinski definition) is 4. The van der Waals surface area contributed by atoms with Crippen molar-refractivity contribution in [1.29, 1.82) is 0 Å².